The third-order valence-corrected chi connectivity index (χ3v) is 2.43. The SMILES string of the molecule is NCc1cnc2cc(Br)ccc2c1. The van der Waals surface area contributed by atoms with E-state index in [1.807, 2.05) is 24.4 Å². The maximum Gasteiger partial charge on any atom is 0.0713 e. The smallest absolute Gasteiger partial charge is 0.0713 e. The van der Waals surface area contributed by atoms with Gasteiger partial charge in [-0.3, -0.25) is 4.98 Å². The molecule has 0 spiro atoms. The standard InChI is InChI=1S/C10H9BrN2/c11-9-2-1-8-3-7(5-12)6-13-10(8)4-9/h1-4,6H,5,12H2. The quantitative estimate of drug-likeness (QED) is 0.827. The number of benzene rings is 1. The zero-order valence-corrected chi connectivity index (χ0v) is 8.58. The molecular weight excluding hydrogens is 228 g/mol. The lowest BCUT2D eigenvalue weighted by Crippen LogP contribution is -1.96. The normalized spacial score (nSPS) is 10.6. The summed E-state index contributed by atoms with van der Waals surface area (Å²) in [5, 5.41) is 1.13. The van der Waals surface area contributed by atoms with Crippen LogP contribution >= 0.6 is 15.9 Å². The van der Waals surface area contributed by atoms with Crippen molar-refractivity contribution in [1.82, 2.24) is 4.98 Å². The van der Waals surface area contributed by atoms with Gasteiger partial charge in [-0.25, -0.2) is 0 Å². The van der Waals surface area contributed by atoms with Gasteiger partial charge in [0, 0.05) is 22.6 Å². The molecular formula is C10H9BrN2. The molecule has 0 saturated carbocycles. The lowest BCUT2D eigenvalue weighted by molar-refractivity contribution is 1.06. The van der Waals surface area contributed by atoms with Gasteiger partial charge in [0.25, 0.3) is 0 Å². The number of aromatic nitrogens is 1. The van der Waals surface area contributed by atoms with Crippen molar-refractivity contribution in [3.05, 3.63) is 40.5 Å². The Labute approximate surface area is 84.9 Å². The zero-order chi connectivity index (χ0) is 9.26. The molecule has 0 atom stereocenters. The van der Waals surface area contributed by atoms with E-state index >= 15 is 0 Å². The number of hydrogen-bond donors (Lipinski definition) is 1. The van der Waals surface area contributed by atoms with Crippen LogP contribution in [0.15, 0.2) is 34.9 Å². The third kappa shape index (κ3) is 1.71. The predicted molar refractivity (Wildman–Crippen MR) is 57.3 cm³/mol. The van der Waals surface area contributed by atoms with Crippen molar-refractivity contribution in [1.29, 1.82) is 0 Å². The van der Waals surface area contributed by atoms with Crippen molar-refractivity contribution >= 4 is 26.8 Å². The molecule has 0 amide bonds. The van der Waals surface area contributed by atoms with Gasteiger partial charge in [0.1, 0.15) is 0 Å². The highest BCUT2D eigenvalue weighted by atomic mass is 79.9. The van der Waals surface area contributed by atoms with E-state index in [1.165, 1.54) is 0 Å². The molecule has 0 aliphatic rings. The molecule has 1 heterocycles. The van der Waals surface area contributed by atoms with Crippen LogP contribution in [0.5, 0.6) is 0 Å². The minimum absolute atomic E-state index is 0.541. The van der Waals surface area contributed by atoms with E-state index < -0.39 is 0 Å². The van der Waals surface area contributed by atoms with Gasteiger partial charge in [-0.05, 0) is 23.8 Å². The molecule has 0 radical (unpaired) electrons. The Hall–Kier alpha value is -0.930. The maximum atomic E-state index is 5.52. The van der Waals surface area contributed by atoms with E-state index in [1.54, 1.807) is 0 Å². The minimum Gasteiger partial charge on any atom is -0.326 e. The predicted octanol–water partition coefficient (Wildman–Crippen LogP) is 2.46. The van der Waals surface area contributed by atoms with Gasteiger partial charge < -0.3 is 5.73 Å². The molecule has 1 aromatic carbocycles. The molecule has 0 aliphatic carbocycles. The van der Waals surface area contributed by atoms with E-state index in [2.05, 4.69) is 27.0 Å². The van der Waals surface area contributed by atoms with Gasteiger partial charge in [0.15, 0.2) is 0 Å². The number of pyridine rings is 1. The summed E-state index contributed by atoms with van der Waals surface area (Å²) in [4.78, 5) is 4.30. The Bertz CT molecular complexity index is 440. The zero-order valence-electron chi connectivity index (χ0n) is 7.00. The van der Waals surface area contributed by atoms with E-state index in [4.69, 9.17) is 5.73 Å². The summed E-state index contributed by atoms with van der Waals surface area (Å²) >= 11 is 3.40. The van der Waals surface area contributed by atoms with Crippen LogP contribution < -0.4 is 5.73 Å². The second-order valence-electron chi connectivity index (χ2n) is 2.88. The van der Waals surface area contributed by atoms with Crippen molar-refractivity contribution in [2.45, 2.75) is 6.54 Å². The fourth-order valence-electron chi connectivity index (χ4n) is 1.25. The van der Waals surface area contributed by atoms with Crippen molar-refractivity contribution in [3.8, 4) is 0 Å². The topological polar surface area (TPSA) is 38.9 Å². The molecule has 0 saturated heterocycles. The Morgan fingerprint density at radius 2 is 2.15 bits per heavy atom. The number of fused-ring (bicyclic) bond motifs is 1. The highest BCUT2D eigenvalue weighted by molar-refractivity contribution is 9.10. The van der Waals surface area contributed by atoms with Gasteiger partial charge in [-0.15, -0.1) is 0 Å². The first-order chi connectivity index (χ1) is 6.29. The molecule has 0 aliphatic heterocycles. The van der Waals surface area contributed by atoms with Gasteiger partial charge in [0.2, 0.25) is 0 Å². The van der Waals surface area contributed by atoms with E-state index in [0.29, 0.717) is 6.54 Å². The van der Waals surface area contributed by atoms with Gasteiger partial charge in [-0.2, -0.15) is 0 Å². The van der Waals surface area contributed by atoms with Crippen molar-refractivity contribution < 1.29 is 0 Å². The number of rotatable bonds is 1. The van der Waals surface area contributed by atoms with Gasteiger partial charge in [-0.1, -0.05) is 22.0 Å². The Balaban J connectivity index is 2.66. The minimum atomic E-state index is 0.541. The summed E-state index contributed by atoms with van der Waals surface area (Å²) < 4.78 is 1.05. The molecule has 2 nitrogen and oxygen atoms in total. The fraction of sp³-hybridized carbons (Fsp3) is 0.100. The summed E-state index contributed by atoms with van der Waals surface area (Å²) in [6, 6.07) is 8.10. The van der Waals surface area contributed by atoms with Crippen LogP contribution in [0, 0.1) is 0 Å². The third-order valence-electron chi connectivity index (χ3n) is 1.94. The first-order valence-corrected chi connectivity index (χ1v) is 4.83. The Morgan fingerprint density at radius 1 is 1.31 bits per heavy atom. The van der Waals surface area contributed by atoms with Crippen LogP contribution in [0.4, 0.5) is 0 Å². The van der Waals surface area contributed by atoms with E-state index in [9.17, 15) is 0 Å². The summed E-state index contributed by atoms with van der Waals surface area (Å²) in [6.07, 6.45) is 1.81. The van der Waals surface area contributed by atoms with Crippen LogP contribution in [0.2, 0.25) is 0 Å². The first kappa shape index (κ1) is 8.66. The number of halogens is 1. The Kier molecular flexibility index (Phi) is 2.29. The largest absolute Gasteiger partial charge is 0.326 e. The van der Waals surface area contributed by atoms with Crippen LogP contribution in [-0.2, 0) is 6.54 Å². The lowest BCUT2D eigenvalue weighted by Gasteiger charge is -2.00. The molecule has 0 unspecified atom stereocenters. The lowest BCUT2D eigenvalue weighted by atomic mass is 10.2. The number of nitrogens with two attached hydrogens (primary N) is 1. The second kappa shape index (κ2) is 3.44. The Morgan fingerprint density at radius 3 is 2.92 bits per heavy atom. The van der Waals surface area contributed by atoms with Crippen molar-refractivity contribution in [2.24, 2.45) is 5.73 Å². The summed E-state index contributed by atoms with van der Waals surface area (Å²) in [7, 11) is 0. The second-order valence-corrected chi connectivity index (χ2v) is 3.80. The fourth-order valence-corrected chi connectivity index (χ4v) is 1.60. The van der Waals surface area contributed by atoms with Crippen LogP contribution in [0.25, 0.3) is 10.9 Å². The average molecular weight is 237 g/mol. The summed E-state index contributed by atoms with van der Waals surface area (Å²) in [6.45, 7) is 0.541. The highest BCUT2D eigenvalue weighted by Crippen LogP contribution is 2.18. The molecule has 2 aromatic rings. The molecule has 13 heavy (non-hydrogen) atoms. The van der Waals surface area contributed by atoms with Gasteiger partial charge >= 0.3 is 0 Å². The maximum absolute atomic E-state index is 5.52. The average Bonchev–Trinajstić information content (AvgIpc) is 2.17. The van der Waals surface area contributed by atoms with E-state index in [0.717, 1.165) is 20.9 Å². The first-order valence-electron chi connectivity index (χ1n) is 4.04. The summed E-state index contributed by atoms with van der Waals surface area (Å²) in [5.41, 5.74) is 7.58. The molecule has 0 bridgehead atoms. The van der Waals surface area contributed by atoms with Crippen LogP contribution in [0.1, 0.15) is 5.56 Å². The molecule has 66 valence electrons. The number of hydrogen-bond acceptors (Lipinski definition) is 2. The molecule has 2 N–H and O–H groups in total. The molecule has 1 aromatic heterocycles. The summed E-state index contributed by atoms with van der Waals surface area (Å²) in [5.74, 6) is 0. The number of nitrogens with zero attached hydrogens (tertiary/aromatic N) is 1. The molecule has 3 heteroatoms. The highest BCUT2D eigenvalue weighted by Gasteiger charge is 1.96. The van der Waals surface area contributed by atoms with Crippen LogP contribution in [-0.4, -0.2) is 4.98 Å². The van der Waals surface area contributed by atoms with Crippen molar-refractivity contribution in [3.63, 3.8) is 0 Å². The molecule has 2 rings (SSSR count). The van der Waals surface area contributed by atoms with Crippen LogP contribution in [0.3, 0.4) is 0 Å². The van der Waals surface area contributed by atoms with Gasteiger partial charge in [0.05, 0.1) is 5.52 Å². The van der Waals surface area contributed by atoms with Crippen molar-refractivity contribution in [2.75, 3.05) is 0 Å². The molecule has 0 fully saturated rings. The monoisotopic (exact) mass is 236 g/mol. The van der Waals surface area contributed by atoms with E-state index in [-0.39, 0.29) is 0 Å².